The molecular formula is C12H12N4O3. The molecule has 7 nitrogen and oxygen atoms in total. The molecule has 0 spiro atoms. The summed E-state index contributed by atoms with van der Waals surface area (Å²) in [7, 11) is 1.54. The second-order valence-corrected chi connectivity index (χ2v) is 3.72. The van der Waals surface area contributed by atoms with Crippen LogP contribution in [0.2, 0.25) is 0 Å². The Balaban J connectivity index is 2.05. The van der Waals surface area contributed by atoms with Crippen molar-refractivity contribution in [2.45, 2.75) is 6.54 Å². The smallest absolute Gasteiger partial charge is 0.274 e. The van der Waals surface area contributed by atoms with Gasteiger partial charge in [0, 0.05) is 31.1 Å². The largest absolute Gasteiger partial charge is 0.481 e. The zero-order valence-corrected chi connectivity index (χ0v) is 10.2. The lowest BCUT2D eigenvalue weighted by molar-refractivity contribution is -0.384. The maximum Gasteiger partial charge on any atom is 0.274 e. The SMILES string of the molecule is COc1cc(CNc2cc([N+](=O)[O-])ccn2)ccn1. The molecule has 19 heavy (non-hydrogen) atoms. The van der Waals surface area contributed by atoms with E-state index in [1.807, 2.05) is 6.07 Å². The monoisotopic (exact) mass is 260 g/mol. The highest BCUT2D eigenvalue weighted by atomic mass is 16.6. The summed E-state index contributed by atoms with van der Waals surface area (Å²) < 4.78 is 5.01. The summed E-state index contributed by atoms with van der Waals surface area (Å²) in [5.74, 6) is 0.969. The van der Waals surface area contributed by atoms with Gasteiger partial charge < -0.3 is 10.1 Å². The standard InChI is InChI=1S/C12H12N4O3/c1-19-12-6-9(2-4-14-12)8-15-11-7-10(16(17)18)3-5-13-11/h2-7H,8H2,1H3,(H,13,15). The third-order valence-corrected chi connectivity index (χ3v) is 2.44. The molecule has 7 heteroatoms. The predicted molar refractivity (Wildman–Crippen MR) is 69.0 cm³/mol. The molecule has 2 aromatic heterocycles. The zero-order valence-electron chi connectivity index (χ0n) is 10.2. The Morgan fingerprint density at radius 2 is 2.11 bits per heavy atom. The van der Waals surface area contributed by atoms with Crippen molar-refractivity contribution in [3.63, 3.8) is 0 Å². The molecule has 2 aromatic rings. The van der Waals surface area contributed by atoms with Crippen LogP contribution < -0.4 is 10.1 Å². The number of methoxy groups -OCH3 is 1. The van der Waals surface area contributed by atoms with Crippen LogP contribution in [0.4, 0.5) is 11.5 Å². The number of nitro groups is 1. The molecule has 0 atom stereocenters. The molecule has 0 bridgehead atoms. The van der Waals surface area contributed by atoms with Crippen LogP contribution in [0.25, 0.3) is 0 Å². The molecule has 0 unspecified atom stereocenters. The minimum absolute atomic E-state index is 0.00445. The number of ether oxygens (including phenoxy) is 1. The average Bonchev–Trinajstić information content (AvgIpc) is 2.45. The lowest BCUT2D eigenvalue weighted by Gasteiger charge is -2.06. The number of nitrogens with zero attached hydrogens (tertiary/aromatic N) is 3. The number of aromatic nitrogens is 2. The van der Waals surface area contributed by atoms with Crippen molar-refractivity contribution >= 4 is 11.5 Å². The van der Waals surface area contributed by atoms with Crippen molar-refractivity contribution in [3.8, 4) is 5.88 Å². The highest BCUT2D eigenvalue weighted by Gasteiger charge is 2.06. The maximum absolute atomic E-state index is 10.6. The van der Waals surface area contributed by atoms with Gasteiger partial charge in [-0.05, 0) is 11.6 Å². The van der Waals surface area contributed by atoms with Gasteiger partial charge in [0.2, 0.25) is 5.88 Å². The van der Waals surface area contributed by atoms with Crippen LogP contribution in [0.5, 0.6) is 5.88 Å². The van der Waals surface area contributed by atoms with E-state index in [1.54, 1.807) is 19.4 Å². The van der Waals surface area contributed by atoms with E-state index in [0.717, 1.165) is 5.56 Å². The Hall–Kier alpha value is -2.70. The Morgan fingerprint density at radius 1 is 1.32 bits per heavy atom. The molecule has 1 N–H and O–H groups in total. The van der Waals surface area contributed by atoms with E-state index < -0.39 is 4.92 Å². The summed E-state index contributed by atoms with van der Waals surface area (Å²) in [6.07, 6.45) is 3.03. The Morgan fingerprint density at radius 3 is 2.84 bits per heavy atom. The average molecular weight is 260 g/mol. The van der Waals surface area contributed by atoms with Gasteiger partial charge in [0.15, 0.2) is 0 Å². The molecule has 2 heterocycles. The third-order valence-electron chi connectivity index (χ3n) is 2.44. The molecule has 0 amide bonds. The number of pyridine rings is 2. The van der Waals surface area contributed by atoms with Crippen molar-refractivity contribution in [1.29, 1.82) is 0 Å². The van der Waals surface area contributed by atoms with E-state index in [9.17, 15) is 10.1 Å². The van der Waals surface area contributed by atoms with E-state index >= 15 is 0 Å². The third kappa shape index (κ3) is 3.38. The predicted octanol–water partition coefficient (Wildman–Crippen LogP) is 2.01. The number of hydrogen-bond acceptors (Lipinski definition) is 6. The van der Waals surface area contributed by atoms with Crippen LogP contribution in [-0.4, -0.2) is 22.0 Å². The zero-order chi connectivity index (χ0) is 13.7. The van der Waals surface area contributed by atoms with Gasteiger partial charge in [0.25, 0.3) is 5.69 Å². The first kappa shape index (κ1) is 12.7. The summed E-state index contributed by atoms with van der Waals surface area (Å²) in [5, 5.41) is 13.6. The van der Waals surface area contributed by atoms with Gasteiger partial charge in [0.1, 0.15) is 5.82 Å². The van der Waals surface area contributed by atoms with Gasteiger partial charge in [-0.25, -0.2) is 9.97 Å². The number of nitrogens with one attached hydrogen (secondary N) is 1. The highest BCUT2D eigenvalue weighted by molar-refractivity contribution is 5.44. The second kappa shape index (κ2) is 5.76. The summed E-state index contributed by atoms with van der Waals surface area (Å²) >= 11 is 0. The Bertz CT molecular complexity index is 589. The first-order valence-electron chi connectivity index (χ1n) is 5.52. The molecule has 98 valence electrons. The van der Waals surface area contributed by atoms with Gasteiger partial charge in [-0.3, -0.25) is 10.1 Å². The maximum atomic E-state index is 10.6. The van der Waals surface area contributed by atoms with E-state index in [2.05, 4.69) is 15.3 Å². The minimum atomic E-state index is -0.456. The molecule has 0 aliphatic heterocycles. The molecule has 0 fully saturated rings. The molecule has 0 saturated heterocycles. The second-order valence-electron chi connectivity index (χ2n) is 3.72. The van der Waals surface area contributed by atoms with Crippen LogP contribution in [0.3, 0.4) is 0 Å². The van der Waals surface area contributed by atoms with E-state index in [-0.39, 0.29) is 5.69 Å². The minimum Gasteiger partial charge on any atom is -0.481 e. The summed E-state index contributed by atoms with van der Waals surface area (Å²) in [5.41, 5.74) is 0.949. The quantitative estimate of drug-likeness (QED) is 0.653. The topological polar surface area (TPSA) is 90.2 Å². The van der Waals surface area contributed by atoms with Crippen molar-refractivity contribution in [3.05, 3.63) is 52.3 Å². The molecule has 0 aromatic carbocycles. The van der Waals surface area contributed by atoms with Crippen LogP contribution in [0.1, 0.15) is 5.56 Å². The molecule has 2 rings (SSSR count). The molecule has 0 radical (unpaired) electrons. The fourth-order valence-electron chi connectivity index (χ4n) is 1.49. The van der Waals surface area contributed by atoms with Crippen molar-refractivity contribution in [2.75, 3.05) is 12.4 Å². The van der Waals surface area contributed by atoms with Crippen LogP contribution >= 0.6 is 0 Å². The van der Waals surface area contributed by atoms with E-state index in [0.29, 0.717) is 18.2 Å². The lowest BCUT2D eigenvalue weighted by atomic mass is 10.2. The van der Waals surface area contributed by atoms with Crippen LogP contribution in [0.15, 0.2) is 36.7 Å². The molecular weight excluding hydrogens is 248 g/mol. The summed E-state index contributed by atoms with van der Waals surface area (Å²) in [4.78, 5) is 18.2. The number of anilines is 1. The Labute approximate surface area is 109 Å². The molecule has 0 aliphatic carbocycles. The first-order valence-corrected chi connectivity index (χ1v) is 5.52. The summed E-state index contributed by atoms with van der Waals surface area (Å²) in [6.45, 7) is 0.479. The first-order chi connectivity index (χ1) is 9.19. The van der Waals surface area contributed by atoms with Crippen molar-refractivity contribution in [1.82, 2.24) is 9.97 Å². The van der Waals surface area contributed by atoms with Gasteiger partial charge in [-0.1, -0.05) is 0 Å². The van der Waals surface area contributed by atoms with Gasteiger partial charge in [-0.15, -0.1) is 0 Å². The van der Waals surface area contributed by atoms with Crippen molar-refractivity contribution in [2.24, 2.45) is 0 Å². The number of rotatable bonds is 5. The fourth-order valence-corrected chi connectivity index (χ4v) is 1.49. The van der Waals surface area contributed by atoms with Crippen LogP contribution in [0, 0.1) is 10.1 Å². The van der Waals surface area contributed by atoms with Gasteiger partial charge in [0.05, 0.1) is 18.1 Å². The highest BCUT2D eigenvalue weighted by Crippen LogP contribution is 2.15. The van der Waals surface area contributed by atoms with Crippen LogP contribution in [-0.2, 0) is 6.54 Å². The van der Waals surface area contributed by atoms with Gasteiger partial charge in [-0.2, -0.15) is 0 Å². The van der Waals surface area contributed by atoms with E-state index in [4.69, 9.17) is 4.74 Å². The normalized spacial score (nSPS) is 9.95. The van der Waals surface area contributed by atoms with E-state index in [1.165, 1.54) is 18.3 Å². The Kier molecular flexibility index (Phi) is 3.87. The fraction of sp³-hybridized carbons (Fsp3) is 0.167. The molecule has 0 saturated carbocycles. The van der Waals surface area contributed by atoms with Crippen molar-refractivity contribution < 1.29 is 9.66 Å². The lowest BCUT2D eigenvalue weighted by Crippen LogP contribution is -2.02. The summed E-state index contributed by atoms with van der Waals surface area (Å²) in [6, 6.07) is 6.34. The molecule has 0 aliphatic rings. The number of hydrogen-bond donors (Lipinski definition) is 1. The van der Waals surface area contributed by atoms with Gasteiger partial charge >= 0.3 is 0 Å².